The van der Waals surface area contributed by atoms with Crippen molar-refractivity contribution in [2.75, 3.05) is 13.6 Å². The number of aromatic hydroxyl groups is 2. The second kappa shape index (κ2) is 6.61. The predicted octanol–water partition coefficient (Wildman–Crippen LogP) is 1.90. The van der Waals surface area contributed by atoms with Crippen molar-refractivity contribution in [2.24, 2.45) is 11.7 Å². The number of hydrogen-bond donors (Lipinski definition) is 3. The monoisotopic (exact) mass is 252 g/mol. The fourth-order valence-corrected chi connectivity index (χ4v) is 1.76. The first kappa shape index (κ1) is 14.8. The van der Waals surface area contributed by atoms with Crippen molar-refractivity contribution in [3.05, 3.63) is 23.8 Å². The van der Waals surface area contributed by atoms with Gasteiger partial charge >= 0.3 is 0 Å². The number of hydrogen-bond acceptors (Lipinski definition) is 4. The number of phenolic OH excluding ortho intramolecular Hbond substituents is 2. The molecule has 0 spiro atoms. The van der Waals surface area contributed by atoms with Gasteiger partial charge in [-0.3, -0.25) is 0 Å². The molecule has 1 aromatic carbocycles. The summed E-state index contributed by atoms with van der Waals surface area (Å²) in [6.07, 6.45) is 0.957. The maximum atomic E-state index is 9.42. The lowest BCUT2D eigenvalue weighted by molar-refractivity contribution is 0.295. The number of phenols is 2. The Kier molecular flexibility index (Phi) is 5.44. The Morgan fingerprint density at radius 1 is 1.22 bits per heavy atom. The molecule has 102 valence electrons. The Morgan fingerprint density at radius 2 is 1.89 bits per heavy atom. The van der Waals surface area contributed by atoms with E-state index < -0.39 is 0 Å². The van der Waals surface area contributed by atoms with Gasteiger partial charge in [-0.25, -0.2) is 0 Å². The first-order valence-electron chi connectivity index (χ1n) is 6.35. The van der Waals surface area contributed by atoms with E-state index in [9.17, 15) is 10.2 Å². The average molecular weight is 252 g/mol. The molecule has 0 saturated carbocycles. The minimum absolute atomic E-state index is 0.0696. The Balaban J connectivity index is 2.44. The zero-order chi connectivity index (χ0) is 13.7. The van der Waals surface area contributed by atoms with E-state index in [0.29, 0.717) is 5.92 Å². The third-order valence-corrected chi connectivity index (χ3v) is 3.19. The van der Waals surface area contributed by atoms with Crippen LogP contribution in [0.1, 0.15) is 25.8 Å². The molecule has 0 aromatic heterocycles. The Morgan fingerprint density at radius 3 is 2.44 bits per heavy atom. The van der Waals surface area contributed by atoms with E-state index in [-0.39, 0.29) is 17.5 Å². The van der Waals surface area contributed by atoms with Crippen LogP contribution in [0.2, 0.25) is 0 Å². The molecule has 1 rings (SSSR count). The molecular formula is C14H24N2O2. The molecule has 4 heteroatoms. The van der Waals surface area contributed by atoms with Crippen LogP contribution in [0.15, 0.2) is 18.2 Å². The van der Waals surface area contributed by atoms with Crippen molar-refractivity contribution >= 4 is 0 Å². The fraction of sp³-hybridized carbons (Fsp3) is 0.571. The van der Waals surface area contributed by atoms with Gasteiger partial charge in [-0.15, -0.1) is 0 Å². The predicted molar refractivity (Wildman–Crippen MR) is 73.5 cm³/mol. The maximum Gasteiger partial charge on any atom is 0.157 e. The second-order valence-corrected chi connectivity index (χ2v) is 5.26. The summed E-state index contributed by atoms with van der Waals surface area (Å²) in [5, 5.41) is 18.7. The first-order chi connectivity index (χ1) is 8.40. The molecule has 4 N–H and O–H groups in total. The summed E-state index contributed by atoms with van der Waals surface area (Å²) in [6.45, 7) is 5.91. The number of benzene rings is 1. The van der Waals surface area contributed by atoms with Crippen molar-refractivity contribution in [2.45, 2.75) is 32.9 Å². The highest BCUT2D eigenvalue weighted by atomic mass is 16.3. The van der Waals surface area contributed by atoms with Gasteiger partial charge in [0.1, 0.15) is 0 Å². The summed E-state index contributed by atoms with van der Waals surface area (Å²) in [5.41, 5.74) is 6.98. The van der Waals surface area contributed by atoms with E-state index in [1.807, 2.05) is 13.1 Å². The lowest BCUT2D eigenvalue weighted by atomic mass is 10.0. The van der Waals surface area contributed by atoms with Crippen LogP contribution in [0, 0.1) is 5.92 Å². The van der Waals surface area contributed by atoms with E-state index >= 15 is 0 Å². The molecule has 1 atom stereocenters. The number of nitrogens with two attached hydrogens (primary N) is 1. The molecule has 0 heterocycles. The second-order valence-electron chi connectivity index (χ2n) is 5.26. The van der Waals surface area contributed by atoms with Gasteiger partial charge in [0.25, 0.3) is 0 Å². The van der Waals surface area contributed by atoms with E-state index in [0.717, 1.165) is 25.1 Å². The minimum atomic E-state index is -0.0803. The van der Waals surface area contributed by atoms with Crippen LogP contribution in [0.3, 0.4) is 0 Å². The van der Waals surface area contributed by atoms with Crippen LogP contribution in [-0.2, 0) is 6.54 Å². The van der Waals surface area contributed by atoms with Crippen molar-refractivity contribution in [3.63, 3.8) is 0 Å². The highest BCUT2D eigenvalue weighted by Crippen LogP contribution is 2.25. The molecular weight excluding hydrogens is 228 g/mol. The molecule has 1 unspecified atom stereocenters. The molecule has 1 aromatic rings. The summed E-state index contributed by atoms with van der Waals surface area (Å²) < 4.78 is 0. The Hall–Kier alpha value is -1.26. The average Bonchev–Trinajstić information content (AvgIpc) is 2.30. The highest BCUT2D eigenvalue weighted by molar-refractivity contribution is 5.40. The lowest BCUT2D eigenvalue weighted by Crippen LogP contribution is -2.31. The van der Waals surface area contributed by atoms with E-state index in [1.165, 1.54) is 6.07 Å². The summed E-state index contributed by atoms with van der Waals surface area (Å²) in [4.78, 5) is 2.16. The molecule has 0 aliphatic heterocycles. The van der Waals surface area contributed by atoms with Crippen molar-refractivity contribution in [3.8, 4) is 11.5 Å². The Labute approximate surface area is 109 Å². The fourth-order valence-electron chi connectivity index (χ4n) is 1.76. The van der Waals surface area contributed by atoms with Gasteiger partial charge in [-0.1, -0.05) is 19.9 Å². The minimum Gasteiger partial charge on any atom is -0.504 e. The topological polar surface area (TPSA) is 69.7 Å². The standard InChI is InChI=1S/C14H24N2O2/c1-10(2)12(15)6-7-16(3)9-11-4-5-13(17)14(18)8-11/h4-5,8,10,12,17-18H,6-7,9,15H2,1-3H3. The van der Waals surface area contributed by atoms with Crippen LogP contribution < -0.4 is 5.73 Å². The van der Waals surface area contributed by atoms with Crippen molar-refractivity contribution in [1.29, 1.82) is 0 Å². The molecule has 0 saturated heterocycles. The molecule has 4 nitrogen and oxygen atoms in total. The SMILES string of the molecule is CC(C)C(N)CCN(C)Cc1ccc(O)c(O)c1. The Bertz CT molecular complexity index is 380. The van der Waals surface area contributed by atoms with Crippen LogP contribution in [0.25, 0.3) is 0 Å². The van der Waals surface area contributed by atoms with E-state index in [2.05, 4.69) is 18.7 Å². The highest BCUT2D eigenvalue weighted by Gasteiger charge is 2.09. The van der Waals surface area contributed by atoms with Crippen molar-refractivity contribution < 1.29 is 10.2 Å². The molecule has 18 heavy (non-hydrogen) atoms. The third kappa shape index (κ3) is 4.55. The summed E-state index contributed by atoms with van der Waals surface area (Å²) in [5.74, 6) is 0.346. The van der Waals surface area contributed by atoms with Crippen molar-refractivity contribution in [1.82, 2.24) is 4.90 Å². The lowest BCUT2D eigenvalue weighted by Gasteiger charge is -2.21. The molecule has 0 bridgehead atoms. The van der Waals surface area contributed by atoms with Gasteiger partial charge in [0.05, 0.1) is 0 Å². The molecule has 0 amide bonds. The molecule has 0 aliphatic carbocycles. The number of rotatable bonds is 6. The van der Waals surface area contributed by atoms with Crippen LogP contribution in [0.5, 0.6) is 11.5 Å². The smallest absolute Gasteiger partial charge is 0.157 e. The van der Waals surface area contributed by atoms with Gasteiger partial charge < -0.3 is 20.8 Å². The van der Waals surface area contributed by atoms with Gasteiger partial charge in [-0.05, 0) is 43.6 Å². The van der Waals surface area contributed by atoms with Gasteiger partial charge in [-0.2, -0.15) is 0 Å². The molecule has 0 radical (unpaired) electrons. The van der Waals surface area contributed by atoms with Gasteiger partial charge in [0.15, 0.2) is 11.5 Å². The summed E-state index contributed by atoms with van der Waals surface area (Å²) in [7, 11) is 2.02. The zero-order valence-electron chi connectivity index (χ0n) is 11.4. The van der Waals surface area contributed by atoms with Gasteiger partial charge in [0.2, 0.25) is 0 Å². The molecule has 0 aliphatic rings. The number of nitrogens with zero attached hydrogens (tertiary/aromatic N) is 1. The van der Waals surface area contributed by atoms with Crippen LogP contribution in [0.4, 0.5) is 0 Å². The third-order valence-electron chi connectivity index (χ3n) is 3.19. The molecule has 0 fully saturated rings. The van der Waals surface area contributed by atoms with Crippen LogP contribution in [-0.4, -0.2) is 34.7 Å². The van der Waals surface area contributed by atoms with E-state index in [4.69, 9.17) is 5.73 Å². The van der Waals surface area contributed by atoms with E-state index in [1.54, 1.807) is 6.07 Å². The summed E-state index contributed by atoms with van der Waals surface area (Å²) >= 11 is 0. The summed E-state index contributed by atoms with van der Waals surface area (Å²) in [6, 6.07) is 5.14. The quantitative estimate of drug-likeness (QED) is 0.676. The first-order valence-corrected chi connectivity index (χ1v) is 6.35. The normalized spacial score (nSPS) is 13.2. The maximum absolute atomic E-state index is 9.42. The van der Waals surface area contributed by atoms with Crippen LogP contribution >= 0.6 is 0 Å². The zero-order valence-corrected chi connectivity index (χ0v) is 11.4. The largest absolute Gasteiger partial charge is 0.504 e. The van der Waals surface area contributed by atoms with Gasteiger partial charge in [0, 0.05) is 12.6 Å².